The minimum atomic E-state index is -0.668. The summed E-state index contributed by atoms with van der Waals surface area (Å²) < 4.78 is 12.7. The van der Waals surface area contributed by atoms with Gasteiger partial charge in [-0.1, -0.05) is 12.8 Å². The molecule has 4 aromatic heterocycles. The molecule has 0 saturated carbocycles. The van der Waals surface area contributed by atoms with Crippen LogP contribution < -0.4 is 22.2 Å². The van der Waals surface area contributed by atoms with E-state index in [0.717, 1.165) is 81.4 Å². The van der Waals surface area contributed by atoms with Crippen molar-refractivity contribution in [3.63, 3.8) is 0 Å². The predicted octanol–water partition coefficient (Wildman–Crippen LogP) is 4.91. The highest BCUT2D eigenvalue weighted by Gasteiger charge is 2.32. The largest absolute Gasteiger partial charge is 0.462 e. The fraction of sp³-hybridized carbons (Fsp3) is 0.412. The number of rotatable bonds is 6. The number of ether oxygens (including phenoxy) is 2. The first-order valence-corrected chi connectivity index (χ1v) is 17.5. The lowest BCUT2D eigenvalue weighted by atomic mass is 10.1. The molecule has 0 saturated heterocycles. The number of aryl methyl sites for hydroxylation is 2. The normalized spacial score (nSPS) is 15.0. The van der Waals surface area contributed by atoms with Gasteiger partial charge in [-0.25, -0.2) is 18.7 Å². The van der Waals surface area contributed by atoms with Crippen LogP contribution in [0.25, 0.3) is 31.5 Å². The summed E-state index contributed by atoms with van der Waals surface area (Å²) in [6.45, 7) is 3.69. The van der Waals surface area contributed by atoms with Crippen LogP contribution in [0.15, 0.2) is 31.3 Å². The van der Waals surface area contributed by atoms with E-state index in [1.165, 1.54) is 34.8 Å². The maximum atomic E-state index is 13.9. The summed E-state index contributed by atoms with van der Waals surface area (Å²) in [5.41, 5.74) is -0.541. The number of aromatic nitrogens is 2. The Morgan fingerprint density at radius 1 is 0.587 bits per heavy atom. The van der Waals surface area contributed by atoms with E-state index in [4.69, 9.17) is 9.47 Å². The Morgan fingerprint density at radius 2 is 0.935 bits per heavy atom. The van der Waals surface area contributed by atoms with Crippen LogP contribution in [0.3, 0.4) is 0 Å². The molecule has 10 nitrogen and oxygen atoms in total. The van der Waals surface area contributed by atoms with Crippen LogP contribution in [0.5, 0.6) is 0 Å². The molecule has 0 bridgehead atoms. The highest BCUT2D eigenvalue weighted by atomic mass is 32.1. The quantitative estimate of drug-likeness (QED) is 0.186. The summed E-state index contributed by atoms with van der Waals surface area (Å²) >= 11 is 2.51. The van der Waals surface area contributed by atoms with Gasteiger partial charge in [0.05, 0.1) is 45.9 Å². The highest BCUT2D eigenvalue weighted by molar-refractivity contribution is 7.15. The van der Waals surface area contributed by atoms with Gasteiger partial charge in [0.15, 0.2) is 0 Å². The van der Waals surface area contributed by atoms with Gasteiger partial charge >= 0.3 is 11.9 Å². The van der Waals surface area contributed by atoms with Crippen molar-refractivity contribution < 1.29 is 19.1 Å². The third-order valence-corrected chi connectivity index (χ3v) is 11.6. The predicted molar refractivity (Wildman–Crippen MR) is 178 cm³/mol. The zero-order valence-electron chi connectivity index (χ0n) is 25.6. The molecule has 0 N–H and O–H groups in total. The average molecular weight is 661 g/mol. The Balaban J connectivity index is 1.45. The van der Waals surface area contributed by atoms with Crippen LogP contribution in [0.4, 0.5) is 0 Å². The minimum Gasteiger partial charge on any atom is -0.462 e. The molecule has 5 aromatic rings. The van der Waals surface area contributed by atoms with Crippen LogP contribution in [-0.4, -0.2) is 34.3 Å². The number of nitrogens with zero attached hydrogens (tertiary/aromatic N) is 2. The third kappa shape index (κ3) is 4.64. The summed E-state index contributed by atoms with van der Waals surface area (Å²) in [6, 6.07) is 2.60. The Bertz CT molecular complexity index is 2040. The molecule has 2 aliphatic carbocycles. The Kier molecular flexibility index (Phi) is 7.88. The number of carbonyl (C=O) groups is 2. The molecule has 0 aliphatic heterocycles. The first kappa shape index (κ1) is 30.5. The summed E-state index contributed by atoms with van der Waals surface area (Å²) in [4.78, 5) is 84.0. The third-order valence-electron chi connectivity index (χ3n) is 9.06. The van der Waals surface area contributed by atoms with Crippen LogP contribution in [0, 0.1) is 0 Å². The highest BCUT2D eigenvalue weighted by Crippen LogP contribution is 2.38. The number of benzene rings is 1. The van der Waals surface area contributed by atoms with Gasteiger partial charge < -0.3 is 9.47 Å². The second kappa shape index (κ2) is 11.9. The van der Waals surface area contributed by atoms with Crippen LogP contribution in [0.1, 0.15) is 94.0 Å². The number of hydrogen-bond donors (Lipinski definition) is 0. The van der Waals surface area contributed by atoms with E-state index >= 15 is 0 Å². The molecular formula is C34H32N2O8S2. The zero-order chi connectivity index (χ0) is 32.3. The first-order chi connectivity index (χ1) is 22.3. The lowest BCUT2D eigenvalue weighted by Crippen LogP contribution is -2.25. The van der Waals surface area contributed by atoms with Gasteiger partial charge in [0.1, 0.15) is 10.0 Å². The van der Waals surface area contributed by atoms with Crippen molar-refractivity contribution in [3.05, 3.63) is 85.6 Å². The van der Waals surface area contributed by atoms with Crippen LogP contribution in [-0.2, 0) is 35.2 Å². The molecule has 4 heterocycles. The van der Waals surface area contributed by atoms with E-state index in [2.05, 4.69) is 0 Å². The topological polar surface area (TPSA) is 131 Å². The van der Waals surface area contributed by atoms with Crippen molar-refractivity contribution in [3.8, 4) is 10.0 Å². The van der Waals surface area contributed by atoms with E-state index in [-0.39, 0.29) is 55.9 Å². The molecule has 0 amide bonds. The molecule has 7 rings (SSSR count). The van der Waals surface area contributed by atoms with Gasteiger partial charge in [-0.15, -0.1) is 22.7 Å². The monoisotopic (exact) mass is 660 g/mol. The van der Waals surface area contributed by atoms with E-state index in [0.29, 0.717) is 12.8 Å². The van der Waals surface area contributed by atoms with Crippen LogP contribution in [0.2, 0.25) is 0 Å². The van der Waals surface area contributed by atoms with E-state index in [1.807, 2.05) is 0 Å². The van der Waals surface area contributed by atoms with E-state index in [9.17, 15) is 28.8 Å². The summed E-state index contributed by atoms with van der Waals surface area (Å²) in [7, 11) is 0. The van der Waals surface area contributed by atoms with Crippen molar-refractivity contribution in [2.45, 2.75) is 78.1 Å². The lowest BCUT2D eigenvalue weighted by Gasteiger charge is -2.07. The van der Waals surface area contributed by atoms with Gasteiger partial charge in [0.2, 0.25) is 0 Å². The fourth-order valence-electron chi connectivity index (χ4n) is 6.94. The maximum absolute atomic E-state index is 13.9. The Morgan fingerprint density at radius 3 is 1.28 bits per heavy atom. The number of fused-ring (bicyclic) bond motifs is 4. The average Bonchev–Trinajstić information content (AvgIpc) is 3.57. The molecule has 12 heteroatoms. The number of hydrogen-bond acceptors (Lipinski definition) is 10. The number of carbonyl (C=O) groups excluding carboxylic acids is 2. The summed E-state index contributed by atoms with van der Waals surface area (Å²) in [6.07, 6.45) is 8.47. The van der Waals surface area contributed by atoms with Gasteiger partial charge in [0.25, 0.3) is 22.2 Å². The van der Waals surface area contributed by atoms with Crippen molar-refractivity contribution in [1.29, 1.82) is 0 Å². The Hall–Kier alpha value is -4.16. The van der Waals surface area contributed by atoms with Crippen molar-refractivity contribution in [2.75, 3.05) is 13.2 Å². The Labute approximate surface area is 270 Å². The second-order valence-electron chi connectivity index (χ2n) is 11.8. The minimum absolute atomic E-state index is 0.0160. The molecular weight excluding hydrogens is 629 g/mol. The molecule has 2 aliphatic rings. The number of esters is 2. The lowest BCUT2D eigenvalue weighted by molar-refractivity contribution is 0.0516. The molecule has 0 fully saturated rings. The standard InChI is InChI=1S/C34H32N2O8S2/c1-3-43-33(41)25-17-11-7-5-9-13-23(17)45-31(25)35-27(37)19-15-21-22(16-20(19)28(35)38)30(40)36(29(21)39)32-26(34(42)44-4-2)18-12-8-6-10-14-24(18)46-32/h15-16H,3-14H2,1-2H3. The second-order valence-corrected chi connectivity index (χ2v) is 13.9. The summed E-state index contributed by atoms with van der Waals surface area (Å²) in [5, 5.41) is 0.372. The fourth-order valence-corrected chi connectivity index (χ4v) is 9.69. The zero-order valence-corrected chi connectivity index (χ0v) is 27.2. The van der Waals surface area contributed by atoms with E-state index < -0.39 is 34.2 Å². The molecule has 238 valence electrons. The van der Waals surface area contributed by atoms with Crippen molar-refractivity contribution in [2.24, 2.45) is 0 Å². The maximum Gasteiger partial charge on any atom is 0.341 e. The molecule has 0 unspecified atom stereocenters. The first-order valence-electron chi connectivity index (χ1n) is 15.9. The molecule has 1 aromatic carbocycles. The molecule has 0 spiro atoms. The summed E-state index contributed by atoms with van der Waals surface area (Å²) in [5.74, 6) is -1.16. The van der Waals surface area contributed by atoms with Gasteiger partial charge in [-0.05, 0) is 88.5 Å². The number of thiophene rings is 2. The smallest absolute Gasteiger partial charge is 0.341 e. The molecule has 0 radical (unpaired) electrons. The van der Waals surface area contributed by atoms with E-state index in [1.54, 1.807) is 13.8 Å². The van der Waals surface area contributed by atoms with Crippen LogP contribution >= 0.6 is 22.7 Å². The van der Waals surface area contributed by atoms with Crippen molar-refractivity contribution >= 4 is 56.2 Å². The molecule has 0 atom stereocenters. The molecule has 46 heavy (non-hydrogen) atoms. The van der Waals surface area contributed by atoms with Gasteiger partial charge in [0, 0.05) is 9.75 Å². The SMILES string of the molecule is CCOC(=O)c1c(-n2c(=O)c3cc4c(=O)n(-c5sc6c(c5C(=O)OCC)CCCCC6)c(=O)c4cc3c2=O)sc2c1CCCCC2. The van der Waals surface area contributed by atoms with Crippen molar-refractivity contribution in [1.82, 2.24) is 9.13 Å². The van der Waals surface area contributed by atoms with Gasteiger partial charge in [-0.2, -0.15) is 0 Å². The van der Waals surface area contributed by atoms with Gasteiger partial charge in [-0.3, -0.25) is 19.2 Å².